The first kappa shape index (κ1) is 21.1. The topological polar surface area (TPSA) is 122 Å². The lowest BCUT2D eigenvalue weighted by molar-refractivity contribution is -0.304. The smallest absolute Gasteiger partial charge is 0.268 e. The van der Waals surface area contributed by atoms with E-state index in [1.54, 1.807) is 43.7 Å². The zero-order valence-electron chi connectivity index (χ0n) is 16.5. The van der Waals surface area contributed by atoms with Crippen molar-refractivity contribution in [3.63, 3.8) is 0 Å². The third kappa shape index (κ3) is 4.19. The maximum atomic E-state index is 12.9. The first-order valence-corrected chi connectivity index (χ1v) is 8.70. The first-order valence-electron chi connectivity index (χ1n) is 8.70. The number of nitrogens with zero attached hydrogens (tertiary/aromatic N) is 1. The number of rotatable bonds is 8. The van der Waals surface area contributed by atoms with Crippen LogP contribution < -0.4 is 25.2 Å². The molecule has 0 fully saturated rings. The van der Waals surface area contributed by atoms with E-state index in [0.717, 1.165) is 0 Å². The Kier molecular flexibility index (Phi) is 6.50. The number of benzene rings is 1. The Labute approximate surface area is 162 Å². The third-order valence-electron chi connectivity index (χ3n) is 4.43. The van der Waals surface area contributed by atoms with Gasteiger partial charge in [0.1, 0.15) is 23.2 Å². The molecule has 1 aromatic heterocycles. The molecule has 0 spiro atoms. The van der Waals surface area contributed by atoms with Gasteiger partial charge >= 0.3 is 0 Å². The normalized spacial score (nSPS) is 11.9. The molecule has 0 saturated heterocycles. The van der Waals surface area contributed by atoms with Gasteiger partial charge in [-0.2, -0.15) is 0 Å². The van der Waals surface area contributed by atoms with Gasteiger partial charge in [0.2, 0.25) is 5.91 Å². The lowest BCUT2D eigenvalue weighted by Crippen LogP contribution is -2.51. The Bertz CT molecular complexity index is 903. The van der Waals surface area contributed by atoms with Crippen LogP contribution in [0, 0.1) is 5.92 Å². The fourth-order valence-electron chi connectivity index (χ4n) is 2.99. The predicted molar refractivity (Wildman–Crippen MR) is 100 cm³/mol. The summed E-state index contributed by atoms with van der Waals surface area (Å²) in [5, 5.41) is 16.2. The summed E-state index contributed by atoms with van der Waals surface area (Å²) in [6, 6.07) is 4.23. The third-order valence-corrected chi connectivity index (χ3v) is 4.43. The van der Waals surface area contributed by atoms with Crippen molar-refractivity contribution in [2.24, 2.45) is 13.0 Å². The largest absolute Gasteiger partial charge is 0.548 e. The van der Waals surface area contributed by atoms with Crippen molar-refractivity contribution in [3.05, 3.63) is 23.9 Å². The maximum Gasteiger partial charge on any atom is 0.268 e. The molecule has 0 unspecified atom stereocenters. The number of ether oxygens (including phenoxy) is 2. The molecule has 0 saturated carbocycles. The molecule has 1 atom stereocenters. The van der Waals surface area contributed by atoms with Crippen LogP contribution in [0.5, 0.6) is 11.5 Å². The molecule has 2 amide bonds. The molecule has 0 aliphatic rings. The zero-order valence-corrected chi connectivity index (χ0v) is 16.5. The second-order valence-corrected chi connectivity index (χ2v) is 6.61. The van der Waals surface area contributed by atoms with Gasteiger partial charge in [0.25, 0.3) is 5.91 Å². The first-order chi connectivity index (χ1) is 13.2. The molecule has 2 aromatic rings. The summed E-state index contributed by atoms with van der Waals surface area (Å²) in [5.74, 6) is -1.59. The van der Waals surface area contributed by atoms with Gasteiger partial charge in [0.05, 0.1) is 32.3 Å². The number of carbonyl (C=O) groups is 3. The second kappa shape index (κ2) is 8.64. The van der Waals surface area contributed by atoms with Gasteiger partial charge in [-0.3, -0.25) is 9.59 Å². The summed E-state index contributed by atoms with van der Waals surface area (Å²) >= 11 is 0. The van der Waals surface area contributed by atoms with E-state index in [1.165, 1.54) is 14.2 Å². The van der Waals surface area contributed by atoms with Gasteiger partial charge in [-0.15, -0.1) is 0 Å². The van der Waals surface area contributed by atoms with Gasteiger partial charge in [0.15, 0.2) is 0 Å². The van der Waals surface area contributed by atoms with Gasteiger partial charge in [0, 0.05) is 12.4 Å². The van der Waals surface area contributed by atoms with Crippen LogP contribution >= 0.6 is 0 Å². The number of aryl methyl sites for hydroxylation is 1. The Morgan fingerprint density at radius 1 is 1.14 bits per heavy atom. The second-order valence-electron chi connectivity index (χ2n) is 6.61. The summed E-state index contributed by atoms with van der Waals surface area (Å²) in [6.07, 6.45) is 0. The van der Waals surface area contributed by atoms with E-state index in [-0.39, 0.29) is 5.92 Å². The summed E-state index contributed by atoms with van der Waals surface area (Å²) in [4.78, 5) is 35.7. The number of nitrogens with one attached hydrogen (secondary N) is 2. The van der Waals surface area contributed by atoms with E-state index in [4.69, 9.17) is 9.47 Å². The molecule has 0 radical (unpaired) electrons. The monoisotopic (exact) mass is 390 g/mol. The number of amides is 2. The van der Waals surface area contributed by atoms with E-state index in [2.05, 4.69) is 10.6 Å². The molecule has 9 nitrogen and oxygen atoms in total. The number of carbonyl (C=O) groups excluding carboxylic acids is 3. The number of aromatic nitrogens is 1. The van der Waals surface area contributed by atoms with E-state index < -0.39 is 30.4 Å². The lowest BCUT2D eigenvalue weighted by atomic mass is 10.0. The van der Waals surface area contributed by atoms with Crippen molar-refractivity contribution in [2.75, 3.05) is 20.8 Å². The highest BCUT2D eigenvalue weighted by Gasteiger charge is 2.26. The molecule has 28 heavy (non-hydrogen) atoms. The minimum atomic E-state index is -1.41. The SMILES string of the molecule is COc1ccc(OC)c2c1cc(C(=O)N[C@H](C(=O)NCC(=O)[O-])C(C)C)n2C. The average molecular weight is 390 g/mol. The molecular weight excluding hydrogens is 366 g/mol. The summed E-state index contributed by atoms with van der Waals surface area (Å²) in [5.41, 5.74) is 0.977. The molecule has 0 aliphatic carbocycles. The lowest BCUT2D eigenvalue weighted by Gasteiger charge is -2.22. The Balaban J connectivity index is 2.37. The summed E-state index contributed by atoms with van der Waals surface area (Å²) < 4.78 is 12.4. The van der Waals surface area contributed by atoms with E-state index in [9.17, 15) is 19.5 Å². The number of carboxylic acids is 1. The minimum Gasteiger partial charge on any atom is -0.548 e. The van der Waals surface area contributed by atoms with Crippen molar-refractivity contribution in [1.82, 2.24) is 15.2 Å². The molecule has 0 bridgehead atoms. The Morgan fingerprint density at radius 3 is 2.29 bits per heavy atom. The summed E-state index contributed by atoms with van der Waals surface area (Å²) in [6.45, 7) is 2.87. The van der Waals surface area contributed by atoms with Gasteiger partial charge in [-0.1, -0.05) is 13.8 Å². The highest BCUT2D eigenvalue weighted by molar-refractivity contribution is 6.03. The van der Waals surface area contributed by atoms with Gasteiger partial charge in [-0.05, 0) is 24.1 Å². The van der Waals surface area contributed by atoms with E-state index >= 15 is 0 Å². The minimum absolute atomic E-state index is 0.260. The average Bonchev–Trinajstić information content (AvgIpc) is 3.00. The number of hydrogen-bond donors (Lipinski definition) is 2. The number of fused-ring (bicyclic) bond motifs is 1. The van der Waals surface area contributed by atoms with E-state index in [1.807, 2.05) is 0 Å². The van der Waals surface area contributed by atoms with E-state index in [0.29, 0.717) is 28.1 Å². The molecular formula is C19H24N3O6-. The van der Waals surface area contributed by atoms with Crippen LogP contribution in [0.1, 0.15) is 24.3 Å². The number of aliphatic carboxylic acids is 1. The molecule has 2 N–H and O–H groups in total. The van der Waals surface area contributed by atoms with Gasteiger partial charge < -0.3 is 34.6 Å². The molecule has 1 heterocycles. The van der Waals surface area contributed by atoms with Crippen LogP contribution in [0.4, 0.5) is 0 Å². The molecule has 152 valence electrons. The van der Waals surface area contributed by atoms with Crippen LogP contribution in [-0.2, 0) is 16.6 Å². The number of carboxylic acid groups (broad SMARTS) is 1. The van der Waals surface area contributed by atoms with Crippen molar-refractivity contribution in [2.45, 2.75) is 19.9 Å². The van der Waals surface area contributed by atoms with Crippen molar-refractivity contribution in [3.8, 4) is 11.5 Å². The zero-order chi connectivity index (χ0) is 21.0. The molecule has 1 aromatic carbocycles. The number of hydrogen-bond acceptors (Lipinski definition) is 6. The van der Waals surface area contributed by atoms with Crippen molar-refractivity contribution in [1.29, 1.82) is 0 Å². The Hall–Kier alpha value is -3.23. The summed E-state index contributed by atoms with van der Waals surface area (Å²) in [7, 11) is 4.77. The van der Waals surface area contributed by atoms with Crippen molar-refractivity contribution < 1.29 is 29.0 Å². The predicted octanol–water partition coefficient (Wildman–Crippen LogP) is -0.184. The van der Waals surface area contributed by atoms with Crippen LogP contribution in [0.15, 0.2) is 18.2 Å². The standard InChI is InChI=1S/C19H25N3O6/c1-10(2)16(19(26)20-9-15(23)24)21-18(25)12-8-11-13(27-4)6-7-14(28-5)17(11)22(12)3/h6-8,10,16H,9H2,1-5H3,(H,20,26)(H,21,25)(H,23,24)/p-1/t16-/m0/s1. The van der Waals surface area contributed by atoms with Crippen molar-refractivity contribution >= 4 is 28.7 Å². The number of methoxy groups -OCH3 is 2. The molecule has 2 rings (SSSR count). The maximum absolute atomic E-state index is 12.9. The fourth-order valence-corrected chi connectivity index (χ4v) is 2.99. The van der Waals surface area contributed by atoms with Crippen LogP contribution in [-0.4, -0.2) is 49.2 Å². The van der Waals surface area contributed by atoms with Crippen LogP contribution in [0.3, 0.4) is 0 Å². The molecule has 9 heteroatoms. The highest BCUT2D eigenvalue weighted by Crippen LogP contribution is 2.35. The van der Waals surface area contributed by atoms with Gasteiger partial charge in [-0.25, -0.2) is 0 Å². The Morgan fingerprint density at radius 2 is 1.75 bits per heavy atom. The quantitative estimate of drug-likeness (QED) is 0.645. The van der Waals surface area contributed by atoms with Crippen LogP contribution in [0.25, 0.3) is 10.9 Å². The highest BCUT2D eigenvalue weighted by atomic mass is 16.5. The molecule has 0 aliphatic heterocycles. The fraction of sp³-hybridized carbons (Fsp3) is 0.421. The van der Waals surface area contributed by atoms with Crippen LogP contribution in [0.2, 0.25) is 0 Å².